The molecule has 7 nitrogen and oxygen atoms in total. The van der Waals surface area contributed by atoms with E-state index in [9.17, 15) is 9.59 Å². The number of rotatable bonds is 8. The van der Waals surface area contributed by atoms with E-state index in [4.69, 9.17) is 9.47 Å². The van der Waals surface area contributed by atoms with Crippen LogP contribution in [0.25, 0.3) is 10.9 Å². The van der Waals surface area contributed by atoms with Crippen LogP contribution in [0.1, 0.15) is 32.0 Å². The summed E-state index contributed by atoms with van der Waals surface area (Å²) in [7, 11) is 0. The maximum absolute atomic E-state index is 12.6. The molecular weight excluding hydrogens is 382 g/mol. The Hall–Kier alpha value is -3.35. The standard InChI is InChI=1S/C23H25N3O4/c1-2-3-13-29-17-8-6-16(7-9-17)24-22(27)15-30-18-10-11-20-19(14-18)23(28)26-12-4-5-21(26)25-20/h6-11,14H,2-5,12-13,15H2,1H3,(H,24,27). The van der Waals surface area contributed by atoms with Crippen LogP contribution >= 0.6 is 0 Å². The number of nitrogens with zero attached hydrogens (tertiary/aromatic N) is 2. The van der Waals surface area contributed by atoms with E-state index >= 15 is 0 Å². The van der Waals surface area contributed by atoms with Crippen molar-refractivity contribution in [3.63, 3.8) is 0 Å². The molecule has 1 aliphatic heterocycles. The van der Waals surface area contributed by atoms with Crippen molar-refractivity contribution in [3.8, 4) is 11.5 Å². The van der Waals surface area contributed by atoms with Crippen molar-refractivity contribution in [1.29, 1.82) is 0 Å². The second-order valence-corrected chi connectivity index (χ2v) is 7.33. The maximum atomic E-state index is 12.6. The van der Waals surface area contributed by atoms with E-state index in [1.165, 1.54) is 0 Å². The Morgan fingerprint density at radius 3 is 2.73 bits per heavy atom. The van der Waals surface area contributed by atoms with E-state index < -0.39 is 0 Å². The van der Waals surface area contributed by atoms with E-state index in [0.29, 0.717) is 35.5 Å². The summed E-state index contributed by atoms with van der Waals surface area (Å²) in [5.74, 6) is 1.80. The number of fused-ring (bicyclic) bond motifs is 2. The van der Waals surface area contributed by atoms with Gasteiger partial charge in [-0.1, -0.05) is 13.3 Å². The van der Waals surface area contributed by atoms with Crippen molar-refractivity contribution in [1.82, 2.24) is 9.55 Å². The first-order valence-corrected chi connectivity index (χ1v) is 10.3. The van der Waals surface area contributed by atoms with Gasteiger partial charge in [-0.3, -0.25) is 14.2 Å². The first kappa shape index (κ1) is 19.9. The summed E-state index contributed by atoms with van der Waals surface area (Å²) in [5, 5.41) is 3.30. The van der Waals surface area contributed by atoms with Crippen LogP contribution in [0.15, 0.2) is 47.3 Å². The number of ether oxygens (including phenoxy) is 2. The fourth-order valence-corrected chi connectivity index (χ4v) is 3.47. The predicted molar refractivity (Wildman–Crippen MR) is 115 cm³/mol. The Balaban J connectivity index is 1.36. The molecule has 0 saturated carbocycles. The van der Waals surface area contributed by atoms with Crippen LogP contribution in [-0.4, -0.2) is 28.7 Å². The highest BCUT2D eigenvalue weighted by atomic mass is 16.5. The largest absolute Gasteiger partial charge is 0.494 e. The van der Waals surface area contributed by atoms with Crippen molar-refractivity contribution in [2.45, 2.75) is 39.2 Å². The van der Waals surface area contributed by atoms with Gasteiger partial charge in [-0.2, -0.15) is 0 Å². The summed E-state index contributed by atoms with van der Waals surface area (Å²) in [5.41, 5.74) is 1.28. The van der Waals surface area contributed by atoms with Crippen LogP contribution in [0.3, 0.4) is 0 Å². The number of aryl methyl sites for hydroxylation is 1. The van der Waals surface area contributed by atoms with Gasteiger partial charge < -0.3 is 14.8 Å². The first-order valence-electron chi connectivity index (χ1n) is 10.3. The number of unbranched alkanes of at least 4 members (excludes halogenated alkanes) is 1. The predicted octanol–water partition coefficient (Wildman–Crippen LogP) is 3.54. The summed E-state index contributed by atoms with van der Waals surface area (Å²) < 4.78 is 12.9. The molecule has 3 aromatic rings. The van der Waals surface area contributed by atoms with Gasteiger partial charge in [0.1, 0.15) is 17.3 Å². The molecule has 1 aliphatic rings. The molecule has 7 heteroatoms. The summed E-state index contributed by atoms with van der Waals surface area (Å²) >= 11 is 0. The molecule has 4 rings (SSSR count). The Bertz CT molecular complexity index is 1110. The Labute approximate surface area is 174 Å². The molecule has 0 bridgehead atoms. The van der Waals surface area contributed by atoms with Gasteiger partial charge in [0, 0.05) is 18.7 Å². The quantitative estimate of drug-likeness (QED) is 0.578. The van der Waals surface area contributed by atoms with Crippen LogP contribution in [0.2, 0.25) is 0 Å². The summed E-state index contributed by atoms with van der Waals surface area (Å²) in [6.07, 6.45) is 3.86. The minimum atomic E-state index is -0.279. The number of nitrogens with one attached hydrogen (secondary N) is 1. The topological polar surface area (TPSA) is 82.4 Å². The molecule has 1 N–H and O–H groups in total. The summed E-state index contributed by atoms with van der Waals surface area (Å²) in [6.45, 7) is 3.35. The lowest BCUT2D eigenvalue weighted by Gasteiger charge is -2.10. The van der Waals surface area contributed by atoms with Gasteiger partial charge in [-0.25, -0.2) is 4.98 Å². The first-order chi connectivity index (χ1) is 14.6. The molecule has 1 amide bonds. The molecule has 2 aromatic carbocycles. The average molecular weight is 407 g/mol. The minimum Gasteiger partial charge on any atom is -0.494 e. The average Bonchev–Trinajstić information content (AvgIpc) is 3.23. The lowest BCUT2D eigenvalue weighted by Crippen LogP contribution is -2.22. The lowest BCUT2D eigenvalue weighted by atomic mass is 10.2. The smallest absolute Gasteiger partial charge is 0.262 e. The normalized spacial score (nSPS) is 12.6. The maximum Gasteiger partial charge on any atom is 0.262 e. The molecule has 0 aliphatic carbocycles. The Morgan fingerprint density at radius 1 is 1.13 bits per heavy atom. The van der Waals surface area contributed by atoms with Gasteiger partial charge in [-0.05, 0) is 55.3 Å². The third kappa shape index (κ3) is 4.45. The minimum absolute atomic E-state index is 0.0522. The van der Waals surface area contributed by atoms with Gasteiger partial charge in [-0.15, -0.1) is 0 Å². The zero-order chi connectivity index (χ0) is 20.9. The van der Waals surface area contributed by atoms with Crippen molar-refractivity contribution in [2.24, 2.45) is 0 Å². The summed E-state index contributed by atoms with van der Waals surface area (Å²) in [6, 6.07) is 12.4. The molecule has 2 heterocycles. The van der Waals surface area contributed by atoms with Crippen molar-refractivity contribution in [2.75, 3.05) is 18.5 Å². The molecule has 0 radical (unpaired) electrons. The molecule has 1 aromatic heterocycles. The number of carbonyl (C=O) groups excluding carboxylic acids is 1. The zero-order valence-electron chi connectivity index (χ0n) is 17.0. The Morgan fingerprint density at radius 2 is 1.93 bits per heavy atom. The highest BCUT2D eigenvalue weighted by Crippen LogP contribution is 2.20. The number of amides is 1. The third-order valence-corrected chi connectivity index (χ3v) is 5.06. The van der Waals surface area contributed by atoms with Crippen molar-refractivity contribution in [3.05, 3.63) is 58.6 Å². The number of anilines is 1. The number of benzene rings is 2. The van der Waals surface area contributed by atoms with Crippen LogP contribution in [-0.2, 0) is 17.8 Å². The second-order valence-electron chi connectivity index (χ2n) is 7.33. The van der Waals surface area contributed by atoms with E-state index in [1.54, 1.807) is 34.9 Å². The molecule has 156 valence electrons. The van der Waals surface area contributed by atoms with Crippen LogP contribution in [0, 0.1) is 0 Å². The molecule has 30 heavy (non-hydrogen) atoms. The van der Waals surface area contributed by atoms with Crippen LogP contribution in [0.4, 0.5) is 5.69 Å². The SMILES string of the molecule is CCCCOc1ccc(NC(=O)COc2ccc3nc4n(c(=O)c3c2)CCC4)cc1. The number of aromatic nitrogens is 2. The number of carbonyl (C=O) groups is 1. The van der Waals surface area contributed by atoms with Gasteiger partial charge in [0.25, 0.3) is 11.5 Å². The van der Waals surface area contributed by atoms with Crippen molar-refractivity contribution >= 4 is 22.5 Å². The third-order valence-electron chi connectivity index (χ3n) is 5.06. The number of hydrogen-bond acceptors (Lipinski definition) is 5. The van der Waals surface area contributed by atoms with E-state index in [-0.39, 0.29) is 18.1 Å². The fourth-order valence-electron chi connectivity index (χ4n) is 3.47. The van der Waals surface area contributed by atoms with Gasteiger partial charge in [0.15, 0.2) is 6.61 Å². The van der Waals surface area contributed by atoms with Crippen molar-refractivity contribution < 1.29 is 14.3 Å². The van der Waals surface area contributed by atoms with Gasteiger partial charge in [0.2, 0.25) is 0 Å². The zero-order valence-corrected chi connectivity index (χ0v) is 17.0. The molecule has 0 fully saturated rings. The molecular formula is C23H25N3O4. The fraction of sp³-hybridized carbons (Fsp3) is 0.348. The van der Waals surface area contributed by atoms with Gasteiger partial charge >= 0.3 is 0 Å². The lowest BCUT2D eigenvalue weighted by molar-refractivity contribution is -0.118. The second kappa shape index (κ2) is 8.98. The molecule has 0 unspecified atom stereocenters. The molecule has 0 saturated heterocycles. The van der Waals surface area contributed by atoms with E-state index in [0.717, 1.165) is 37.3 Å². The van der Waals surface area contributed by atoms with E-state index in [1.807, 2.05) is 12.1 Å². The highest BCUT2D eigenvalue weighted by molar-refractivity contribution is 5.92. The van der Waals surface area contributed by atoms with E-state index in [2.05, 4.69) is 17.2 Å². The highest BCUT2D eigenvalue weighted by Gasteiger charge is 2.16. The Kier molecular flexibility index (Phi) is 5.97. The van der Waals surface area contributed by atoms with Crippen LogP contribution < -0.4 is 20.3 Å². The number of hydrogen-bond donors (Lipinski definition) is 1. The molecule has 0 spiro atoms. The van der Waals surface area contributed by atoms with Crippen LogP contribution in [0.5, 0.6) is 11.5 Å². The monoisotopic (exact) mass is 407 g/mol. The van der Waals surface area contributed by atoms with Gasteiger partial charge in [0.05, 0.1) is 17.5 Å². The molecule has 0 atom stereocenters. The summed E-state index contributed by atoms with van der Waals surface area (Å²) in [4.78, 5) is 29.4.